The first-order valence-corrected chi connectivity index (χ1v) is 4.72. The van der Waals surface area contributed by atoms with E-state index in [4.69, 9.17) is 14.0 Å². The van der Waals surface area contributed by atoms with Crippen molar-refractivity contribution in [2.75, 3.05) is 13.7 Å². The summed E-state index contributed by atoms with van der Waals surface area (Å²) in [5, 5.41) is 0. The van der Waals surface area contributed by atoms with Gasteiger partial charge in [0.25, 0.3) is 0 Å². The predicted molar refractivity (Wildman–Crippen MR) is 55.7 cm³/mol. The first-order chi connectivity index (χ1) is 6.39. The Morgan fingerprint density at radius 2 is 1.64 bits per heavy atom. The SMILES string of the molecule is COCC#CB1OC(C)(C)C(C)(C)O1. The van der Waals surface area contributed by atoms with Crippen molar-refractivity contribution in [1.29, 1.82) is 0 Å². The van der Waals surface area contributed by atoms with E-state index in [1.807, 2.05) is 27.7 Å². The standard InChI is InChI=1S/C10H17BO3/c1-9(2)10(3,4)14-11(13-9)7-6-8-12-5/h8H2,1-5H3. The molecule has 1 aliphatic rings. The van der Waals surface area contributed by atoms with E-state index in [0.717, 1.165) is 0 Å². The van der Waals surface area contributed by atoms with Crippen LogP contribution in [0, 0.1) is 11.7 Å². The molecule has 1 fully saturated rings. The van der Waals surface area contributed by atoms with Crippen LogP contribution in [0.15, 0.2) is 0 Å². The van der Waals surface area contributed by atoms with E-state index in [1.165, 1.54) is 0 Å². The van der Waals surface area contributed by atoms with Crippen LogP contribution in [0.5, 0.6) is 0 Å². The summed E-state index contributed by atoms with van der Waals surface area (Å²) in [6.07, 6.45) is 0. The third-order valence-electron chi connectivity index (χ3n) is 2.69. The number of hydrogen-bond donors (Lipinski definition) is 0. The Morgan fingerprint density at radius 1 is 1.14 bits per heavy atom. The van der Waals surface area contributed by atoms with Crippen molar-refractivity contribution in [2.45, 2.75) is 38.9 Å². The molecule has 0 bridgehead atoms. The molecule has 0 atom stereocenters. The van der Waals surface area contributed by atoms with Crippen LogP contribution < -0.4 is 0 Å². The first kappa shape index (κ1) is 11.6. The summed E-state index contributed by atoms with van der Waals surface area (Å²) in [4.78, 5) is 0. The summed E-state index contributed by atoms with van der Waals surface area (Å²) in [7, 11) is 1.17. The molecule has 0 aromatic heterocycles. The molecule has 0 amide bonds. The predicted octanol–water partition coefficient (Wildman–Crippen LogP) is 1.27. The van der Waals surface area contributed by atoms with Gasteiger partial charge in [0, 0.05) is 7.11 Å². The molecular formula is C10H17BO3. The minimum absolute atomic E-state index is 0.306. The van der Waals surface area contributed by atoms with Gasteiger partial charge >= 0.3 is 7.12 Å². The average molecular weight is 196 g/mol. The summed E-state index contributed by atoms with van der Waals surface area (Å²) >= 11 is 0. The van der Waals surface area contributed by atoms with Crippen LogP contribution >= 0.6 is 0 Å². The minimum atomic E-state index is -0.435. The van der Waals surface area contributed by atoms with Crippen molar-refractivity contribution in [2.24, 2.45) is 0 Å². The molecule has 78 valence electrons. The highest BCUT2D eigenvalue weighted by Gasteiger charge is 2.50. The summed E-state index contributed by atoms with van der Waals surface area (Å²) < 4.78 is 16.1. The first-order valence-electron chi connectivity index (χ1n) is 4.72. The lowest BCUT2D eigenvalue weighted by Crippen LogP contribution is -2.41. The van der Waals surface area contributed by atoms with Crippen molar-refractivity contribution in [3.8, 4) is 11.7 Å². The zero-order chi connectivity index (χ0) is 10.8. The van der Waals surface area contributed by atoms with Crippen LogP contribution in [0.3, 0.4) is 0 Å². The molecule has 1 rings (SSSR count). The number of methoxy groups -OCH3 is 1. The summed E-state index contributed by atoms with van der Waals surface area (Å²) in [6, 6.07) is 0. The van der Waals surface area contributed by atoms with Gasteiger partial charge in [0.2, 0.25) is 0 Å². The van der Waals surface area contributed by atoms with Crippen LogP contribution in [0.25, 0.3) is 0 Å². The molecule has 0 aromatic rings. The van der Waals surface area contributed by atoms with Crippen LogP contribution in [0.1, 0.15) is 27.7 Å². The van der Waals surface area contributed by atoms with Crippen molar-refractivity contribution < 1.29 is 14.0 Å². The Hall–Kier alpha value is -0.495. The Balaban J connectivity index is 2.61. The van der Waals surface area contributed by atoms with Gasteiger partial charge in [0.05, 0.1) is 11.2 Å². The lowest BCUT2D eigenvalue weighted by atomic mass is 9.90. The van der Waals surface area contributed by atoms with E-state index < -0.39 is 7.12 Å². The Bertz CT molecular complexity index is 246. The molecule has 0 aliphatic carbocycles. The van der Waals surface area contributed by atoms with Gasteiger partial charge in [-0.15, -0.1) is 0 Å². The van der Waals surface area contributed by atoms with Gasteiger partial charge in [-0.05, 0) is 27.7 Å². The molecule has 0 unspecified atom stereocenters. The van der Waals surface area contributed by atoms with Gasteiger partial charge in [0.15, 0.2) is 0 Å². The average Bonchev–Trinajstić information content (AvgIpc) is 2.21. The second-order valence-corrected chi connectivity index (χ2v) is 4.34. The lowest BCUT2D eigenvalue weighted by Gasteiger charge is -2.32. The molecule has 0 spiro atoms. The topological polar surface area (TPSA) is 27.7 Å². The fourth-order valence-corrected chi connectivity index (χ4v) is 1.10. The van der Waals surface area contributed by atoms with E-state index in [0.29, 0.717) is 6.61 Å². The normalized spacial score (nSPS) is 23.1. The maximum atomic E-state index is 5.66. The van der Waals surface area contributed by atoms with E-state index >= 15 is 0 Å². The summed E-state index contributed by atoms with van der Waals surface area (Å²) in [5.74, 6) is 5.70. The fourth-order valence-electron chi connectivity index (χ4n) is 1.10. The second kappa shape index (κ2) is 3.94. The highest BCUT2D eigenvalue weighted by atomic mass is 16.7. The van der Waals surface area contributed by atoms with Crippen LogP contribution in [-0.4, -0.2) is 32.0 Å². The maximum absolute atomic E-state index is 5.66. The van der Waals surface area contributed by atoms with E-state index in [-0.39, 0.29) is 11.2 Å². The molecule has 4 heteroatoms. The molecule has 3 nitrogen and oxygen atoms in total. The molecule has 0 saturated carbocycles. The van der Waals surface area contributed by atoms with Gasteiger partial charge < -0.3 is 14.0 Å². The van der Waals surface area contributed by atoms with Crippen LogP contribution in [-0.2, 0) is 14.0 Å². The van der Waals surface area contributed by atoms with E-state index in [2.05, 4.69) is 11.7 Å². The van der Waals surface area contributed by atoms with Gasteiger partial charge in [-0.2, -0.15) is 0 Å². The van der Waals surface area contributed by atoms with Gasteiger partial charge in [-0.1, -0.05) is 11.7 Å². The smallest absolute Gasteiger partial charge is 0.392 e. The molecule has 1 aliphatic heterocycles. The molecule has 1 saturated heterocycles. The van der Waals surface area contributed by atoms with E-state index in [1.54, 1.807) is 7.11 Å². The molecule has 14 heavy (non-hydrogen) atoms. The van der Waals surface area contributed by atoms with Crippen molar-refractivity contribution in [3.63, 3.8) is 0 Å². The number of hydrogen-bond acceptors (Lipinski definition) is 3. The second-order valence-electron chi connectivity index (χ2n) is 4.34. The van der Waals surface area contributed by atoms with E-state index in [9.17, 15) is 0 Å². The third-order valence-corrected chi connectivity index (χ3v) is 2.69. The molecule has 0 N–H and O–H groups in total. The largest absolute Gasteiger partial charge is 0.551 e. The number of rotatable bonds is 1. The van der Waals surface area contributed by atoms with Gasteiger partial charge in [-0.25, -0.2) is 0 Å². The Kier molecular flexibility index (Phi) is 3.26. The molecule has 1 heterocycles. The number of ether oxygens (including phenoxy) is 1. The maximum Gasteiger partial charge on any atom is 0.551 e. The van der Waals surface area contributed by atoms with Gasteiger partial charge in [0.1, 0.15) is 6.61 Å². The van der Waals surface area contributed by atoms with Crippen LogP contribution in [0.2, 0.25) is 0 Å². The third kappa shape index (κ3) is 2.30. The highest BCUT2D eigenvalue weighted by Crippen LogP contribution is 2.36. The highest BCUT2D eigenvalue weighted by molar-refractivity contribution is 6.55. The fraction of sp³-hybridized carbons (Fsp3) is 0.800. The zero-order valence-corrected chi connectivity index (χ0v) is 9.51. The van der Waals surface area contributed by atoms with Gasteiger partial charge in [-0.3, -0.25) is 0 Å². The summed E-state index contributed by atoms with van der Waals surface area (Å²) in [5.41, 5.74) is -0.612. The Labute approximate surface area is 86.3 Å². The van der Waals surface area contributed by atoms with Crippen molar-refractivity contribution >= 4 is 7.12 Å². The molecular weight excluding hydrogens is 179 g/mol. The quantitative estimate of drug-likeness (QED) is 0.466. The van der Waals surface area contributed by atoms with Crippen molar-refractivity contribution in [1.82, 2.24) is 0 Å². The monoisotopic (exact) mass is 196 g/mol. The molecule has 0 radical (unpaired) electrons. The molecule has 0 aromatic carbocycles. The Morgan fingerprint density at radius 3 is 2.07 bits per heavy atom. The minimum Gasteiger partial charge on any atom is -0.392 e. The lowest BCUT2D eigenvalue weighted by molar-refractivity contribution is 0.00578. The van der Waals surface area contributed by atoms with Crippen molar-refractivity contribution in [3.05, 3.63) is 0 Å². The summed E-state index contributed by atoms with van der Waals surface area (Å²) in [6.45, 7) is 8.43. The van der Waals surface area contributed by atoms with Crippen LogP contribution in [0.4, 0.5) is 0 Å². The zero-order valence-electron chi connectivity index (χ0n) is 9.51.